The van der Waals surface area contributed by atoms with Gasteiger partial charge in [-0.2, -0.15) is 5.10 Å². The number of rotatable bonds is 4. The molecule has 1 aliphatic rings. The number of benzene rings is 1. The number of aromatic amines is 1. The van der Waals surface area contributed by atoms with Crippen LogP contribution in [0.2, 0.25) is 0 Å². The molecule has 0 amide bonds. The van der Waals surface area contributed by atoms with E-state index in [9.17, 15) is 0 Å². The van der Waals surface area contributed by atoms with Crippen LogP contribution in [-0.2, 0) is 0 Å². The van der Waals surface area contributed by atoms with Crippen molar-refractivity contribution in [2.75, 3.05) is 18.4 Å². The molecule has 1 unspecified atom stereocenters. The van der Waals surface area contributed by atoms with Gasteiger partial charge in [-0.25, -0.2) is 4.98 Å². The third-order valence-electron chi connectivity index (χ3n) is 4.02. The van der Waals surface area contributed by atoms with E-state index in [0.717, 1.165) is 47.8 Å². The summed E-state index contributed by atoms with van der Waals surface area (Å²) in [7, 11) is 0. The molecule has 0 radical (unpaired) electrons. The third kappa shape index (κ3) is 3.07. The van der Waals surface area contributed by atoms with E-state index in [4.69, 9.17) is 4.98 Å². The molecule has 6 heteroatoms. The average molecular weight is 306 g/mol. The van der Waals surface area contributed by atoms with Crippen molar-refractivity contribution in [2.24, 2.45) is 0 Å². The Morgan fingerprint density at radius 3 is 2.91 bits per heavy atom. The van der Waals surface area contributed by atoms with E-state index in [-0.39, 0.29) is 0 Å². The first-order chi connectivity index (χ1) is 11.4. The molecular weight excluding hydrogens is 288 g/mol. The summed E-state index contributed by atoms with van der Waals surface area (Å²) >= 11 is 0. The van der Waals surface area contributed by atoms with Crippen LogP contribution in [-0.4, -0.2) is 39.3 Å². The highest BCUT2D eigenvalue weighted by Gasteiger charge is 2.14. The lowest BCUT2D eigenvalue weighted by molar-refractivity contribution is 0.787. The average Bonchev–Trinajstić information content (AvgIpc) is 3.29. The van der Waals surface area contributed by atoms with Gasteiger partial charge in [0, 0.05) is 29.9 Å². The Morgan fingerprint density at radius 1 is 1.13 bits per heavy atom. The molecule has 1 aromatic carbocycles. The summed E-state index contributed by atoms with van der Waals surface area (Å²) in [6, 6.07) is 10.6. The van der Waals surface area contributed by atoms with Crippen LogP contribution in [0.5, 0.6) is 0 Å². The molecule has 4 rings (SSSR count). The van der Waals surface area contributed by atoms with Gasteiger partial charge < -0.3 is 10.6 Å². The van der Waals surface area contributed by atoms with Crippen LogP contribution >= 0.6 is 0 Å². The standard InChI is InChI=1S/C17H18N6/c1-2-12(15-5-7-20-23-15)8-13(3-1)16-10-19-11-17(22-16)21-14-4-6-18-9-14/h1-3,5,7-8,10-11,14,18H,4,6,9H2,(H,20,23)(H,21,22). The SMILES string of the molecule is c1cc(-c2cncc(NC3CCNC3)n2)cc(-c2ccn[nH]2)c1. The maximum atomic E-state index is 4.70. The van der Waals surface area contributed by atoms with Crippen molar-refractivity contribution < 1.29 is 0 Å². The fourth-order valence-corrected chi connectivity index (χ4v) is 2.82. The van der Waals surface area contributed by atoms with Gasteiger partial charge in [0.25, 0.3) is 0 Å². The number of hydrogen-bond acceptors (Lipinski definition) is 5. The molecule has 3 N–H and O–H groups in total. The molecule has 1 aliphatic heterocycles. The second-order valence-electron chi connectivity index (χ2n) is 5.67. The van der Waals surface area contributed by atoms with Crippen LogP contribution in [0.4, 0.5) is 5.82 Å². The first kappa shape index (κ1) is 13.9. The molecule has 1 fully saturated rings. The van der Waals surface area contributed by atoms with Gasteiger partial charge in [-0.05, 0) is 25.1 Å². The van der Waals surface area contributed by atoms with Crippen LogP contribution in [0.25, 0.3) is 22.5 Å². The van der Waals surface area contributed by atoms with Crippen molar-refractivity contribution in [3.63, 3.8) is 0 Å². The third-order valence-corrected chi connectivity index (χ3v) is 4.02. The van der Waals surface area contributed by atoms with Gasteiger partial charge in [-0.15, -0.1) is 0 Å². The first-order valence-electron chi connectivity index (χ1n) is 7.78. The summed E-state index contributed by atoms with van der Waals surface area (Å²) in [4.78, 5) is 9.03. The summed E-state index contributed by atoms with van der Waals surface area (Å²) in [5.74, 6) is 0.822. The largest absolute Gasteiger partial charge is 0.365 e. The summed E-state index contributed by atoms with van der Waals surface area (Å²) in [5, 5.41) is 13.8. The Kier molecular flexibility index (Phi) is 3.73. The summed E-state index contributed by atoms with van der Waals surface area (Å²) in [5.41, 5.74) is 3.98. The molecule has 0 saturated carbocycles. The van der Waals surface area contributed by atoms with Crippen LogP contribution in [0.15, 0.2) is 48.9 Å². The van der Waals surface area contributed by atoms with E-state index in [0.29, 0.717) is 6.04 Å². The molecule has 1 saturated heterocycles. The minimum atomic E-state index is 0.427. The number of H-pyrrole nitrogens is 1. The lowest BCUT2D eigenvalue weighted by Gasteiger charge is -2.12. The molecule has 23 heavy (non-hydrogen) atoms. The highest BCUT2D eigenvalue weighted by atomic mass is 15.1. The van der Waals surface area contributed by atoms with Gasteiger partial charge in [0.2, 0.25) is 0 Å². The predicted octanol–water partition coefficient (Wildman–Crippen LogP) is 2.31. The van der Waals surface area contributed by atoms with Gasteiger partial charge in [0.15, 0.2) is 0 Å². The fourth-order valence-electron chi connectivity index (χ4n) is 2.82. The molecule has 0 spiro atoms. The number of anilines is 1. The normalized spacial score (nSPS) is 17.3. The second-order valence-corrected chi connectivity index (χ2v) is 5.67. The first-order valence-corrected chi connectivity index (χ1v) is 7.78. The zero-order valence-electron chi connectivity index (χ0n) is 12.7. The van der Waals surface area contributed by atoms with Crippen molar-refractivity contribution >= 4 is 5.82 Å². The van der Waals surface area contributed by atoms with E-state index >= 15 is 0 Å². The quantitative estimate of drug-likeness (QED) is 0.689. The van der Waals surface area contributed by atoms with Crippen molar-refractivity contribution in [2.45, 2.75) is 12.5 Å². The Balaban J connectivity index is 1.61. The Morgan fingerprint density at radius 2 is 2.09 bits per heavy atom. The van der Waals surface area contributed by atoms with Crippen molar-refractivity contribution in [3.8, 4) is 22.5 Å². The maximum Gasteiger partial charge on any atom is 0.145 e. The smallest absolute Gasteiger partial charge is 0.145 e. The van der Waals surface area contributed by atoms with E-state index in [2.05, 4.69) is 37.9 Å². The second kappa shape index (κ2) is 6.18. The van der Waals surface area contributed by atoms with Crippen LogP contribution in [0.3, 0.4) is 0 Å². The highest BCUT2D eigenvalue weighted by molar-refractivity contribution is 5.69. The topological polar surface area (TPSA) is 78.5 Å². The number of aromatic nitrogens is 4. The molecule has 2 aromatic heterocycles. The predicted molar refractivity (Wildman–Crippen MR) is 89.9 cm³/mol. The zero-order valence-corrected chi connectivity index (χ0v) is 12.7. The maximum absolute atomic E-state index is 4.70. The van der Waals surface area contributed by atoms with Gasteiger partial charge in [0.1, 0.15) is 5.82 Å². The van der Waals surface area contributed by atoms with Gasteiger partial charge in [-0.3, -0.25) is 10.1 Å². The summed E-state index contributed by atoms with van der Waals surface area (Å²) in [6.45, 7) is 2.03. The van der Waals surface area contributed by atoms with E-state index in [1.54, 1.807) is 18.6 Å². The van der Waals surface area contributed by atoms with Gasteiger partial charge in [-0.1, -0.05) is 18.2 Å². The minimum Gasteiger partial charge on any atom is -0.365 e. The Hall–Kier alpha value is -2.73. The highest BCUT2D eigenvalue weighted by Crippen LogP contribution is 2.24. The molecule has 6 nitrogen and oxygen atoms in total. The lowest BCUT2D eigenvalue weighted by Crippen LogP contribution is -2.22. The van der Waals surface area contributed by atoms with Crippen molar-refractivity contribution in [1.82, 2.24) is 25.5 Å². The summed E-state index contributed by atoms with van der Waals surface area (Å²) in [6.07, 6.45) is 6.44. The van der Waals surface area contributed by atoms with E-state index in [1.807, 2.05) is 18.2 Å². The van der Waals surface area contributed by atoms with E-state index < -0.39 is 0 Å². The molecule has 0 aliphatic carbocycles. The van der Waals surface area contributed by atoms with Crippen LogP contribution < -0.4 is 10.6 Å². The molecular formula is C17H18N6. The molecule has 116 valence electrons. The van der Waals surface area contributed by atoms with Crippen molar-refractivity contribution in [3.05, 3.63) is 48.9 Å². The zero-order chi connectivity index (χ0) is 15.5. The molecule has 0 bridgehead atoms. The van der Waals surface area contributed by atoms with Gasteiger partial charge in [0.05, 0.1) is 23.8 Å². The lowest BCUT2D eigenvalue weighted by atomic mass is 10.1. The number of nitrogens with zero attached hydrogens (tertiary/aromatic N) is 3. The monoisotopic (exact) mass is 306 g/mol. The van der Waals surface area contributed by atoms with Crippen molar-refractivity contribution in [1.29, 1.82) is 0 Å². The number of nitrogens with one attached hydrogen (secondary N) is 3. The molecule has 1 atom stereocenters. The summed E-state index contributed by atoms with van der Waals surface area (Å²) < 4.78 is 0. The molecule has 3 heterocycles. The number of hydrogen-bond donors (Lipinski definition) is 3. The van der Waals surface area contributed by atoms with E-state index in [1.165, 1.54) is 0 Å². The van der Waals surface area contributed by atoms with Crippen LogP contribution in [0.1, 0.15) is 6.42 Å². The fraction of sp³-hybridized carbons (Fsp3) is 0.235. The molecule has 3 aromatic rings. The minimum absolute atomic E-state index is 0.427. The van der Waals surface area contributed by atoms with Gasteiger partial charge >= 0.3 is 0 Å². The Labute approximate surface area is 134 Å². The van der Waals surface area contributed by atoms with Crippen LogP contribution in [0, 0.1) is 0 Å². The Bertz CT molecular complexity index is 777.